The normalized spacial score (nSPS) is 14.6. The molecular weight excluding hydrogens is 531 g/mol. The fraction of sp³-hybridized carbons (Fsp3) is 0.0263. The molecule has 1 N–H and O–H groups in total. The van der Waals surface area contributed by atoms with Gasteiger partial charge >= 0.3 is 0 Å². The van der Waals surface area contributed by atoms with Gasteiger partial charge in [-0.05, 0) is 58.3 Å². The van der Waals surface area contributed by atoms with Gasteiger partial charge in [-0.1, -0.05) is 103 Å². The van der Waals surface area contributed by atoms with E-state index in [0.29, 0.717) is 0 Å². The summed E-state index contributed by atoms with van der Waals surface area (Å²) in [6.07, 6.45) is -0.244. The smallest absolute Gasteiger partial charge is 0.165 e. The molecule has 0 saturated heterocycles. The van der Waals surface area contributed by atoms with Gasteiger partial charge in [-0.15, -0.1) is 11.3 Å². The van der Waals surface area contributed by atoms with Crippen molar-refractivity contribution in [3.63, 3.8) is 0 Å². The number of fused-ring (bicyclic) bond motifs is 7. The van der Waals surface area contributed by atoms with Gasteiger partial charge in [-0.3, -0.25) is 0 Å². The number of nitrogens with one attached hydrogen (secondary N) is 1. The van der Waals surface area contributed by atoms with Crippen LogP contribution in [0.5, 0.6) is 0 Å². The molecule has 3 heterocycles. The molecule has 1 aliphatic rings. The van der Waals surface area contributed by atoms with Crippen LogP contribution in [0, 0.1) is 12.1 Å². The number of amidine groups is 1. The molecule has 1 atom stereocenters. The summed E-state index contributed by atoms with van der Waals surface area (Å²) < 4.78 is 3.67. The van der Waals surface area contributed by atoms with Gasteiger partial charge in [0.05, 0.1) is 27.2 Å². The quantitative estimate of drug-likeness (QED) is 0.232. The molecule has 0 aliphatic carbocycles. The van der Waals surface area contributed by atoms with E-state index in [1.165, 1.54) is 47.5 Å². The van der Waals surface area contributed by atoms with Crippen molar-refractivity contribution in [2.24, 2.45) is 4.99 Å². The molecule has 9 rings (SSSR count). The zero-order valence-electron chi connectivity index (χ0n) is 22.5. The number of benzene rings is 5. The first-order chi connectivity index (χ1) is 20.8. The molecular formula is C38H23N3S. The van der Waals surface area contributed by atoms with Crippen molar-refractivity contribution in [2.75, 3.05) is 5.32 Å². The summed E-state index contributed by atoms with van der Waals surface area (Å²) in [6.45, 7) is 0. The second-order valence-corrected chi connectivity index (χ2v) is 11.8. The second-order valence-electron chi connectivity index (χ2n) is 10.7. The Morgan fingerprint density at radius 1 is 0.667 bits per heavy atom. The van der Waals surface area contributed by atoms with Gasteiger partial charge in [0.25, 0.3) is 0 Å². The van der Waals surface area contributed by atoms with Crippen molar-refractivity contribution in [3.05, 3.63) is 150 Å². The lowest BCUT2D eigenvalue weighted by Crippen LogP contribution is -2.23. The van der Waals surface area contributed by atoms with Gasteiger partial charge in [0.1, 0.15) is 5.84 Å². The van der Waals surface area contributed by atoms with Crippen molar-refractivity contribution in [2.45, 2.75) is 6.17 Å². The highest BCUT2D eigenvalue weighted by Gasteiger charge is 2.30. The van der Waals surface area contributed by atoms with Gasteiger partial charge in [-0.2, -0.15) is 0 Å². The minimum absolute atomic E-state index is 0.244. The molecule has 1 unspecified atom stereocenters. The van der Waals surface area contributed by atoms with Crippen molar-refractivity contribution < 1.29 is 0 Å². The lowest BCUT2D eigenvalue weighted by Gasteiger charge is -2.25. The average Bonchev–Trinajstić information content (AvgIpc) is 3.59. The maximum absolute atomic E-state index is 5.47. The summed E-state index contributed by atoms with van der Waals surface area (Å²) in [7, 11) is 0. The van der Waals surface area contributed by atoms with Crippen LogP contribution in [-0.4, -0.2) is 10.4 Å². The highest BCUT2D eigenvalue weighted by atomic mass is 32.1. The van der Waals surface area contributed by atoms with Crippen molar-refractivity contribution in [3.8, 4) is 11.1 Å². The van der Waals surface area contributed by atoms with E-state index in [9.17, 15) is 0 Å². The lowest BCUT2D eigenvalue weighted by atomic mass is 10.0. The lowest BCUT2D eigenvalue weighted by molar-refractivity contribution is 0.664. The van der Waals surface area contributed by atoms with Crippen molar-refractivity contribution >= 4 is 65.5 Å². The maximum atomic E-state index is 5.47. The van der Waals surface area contributed by atoms with E-state index >= 15 is 0 Å². The van der Waals surface area contributed by atoms with E-state index in [-0.39, 0.29) is 6.17 Å². The van der Waals surface area contributed by atoms with E-state index in [1.54, 1.807) is 0 Å². The Kier molecular flexibility index (Phi) is 5.04. The molecule has 0 fully saturated rings. The Morgan fingerprint density at radius 2 is 1.40 bits per heavy atom. The predicted molar refractivity (Wildman–Crippen MR) is 177 cm³/mol. The molecule has 4 heteroatoms. The van der Waals surface area contributed by atoms with Crippen LogP contribution in [0.4, 0.5) is 5.69 Å². The Balaban J connectivity index is 1.33. The fourth-order valence-corrected chi connectivity index (χ4v) is 7.51. The molecule has 3 nitrogen and oxygen atoms in total. The molecule has 0 spiro atoms. The first kappa shape index (κ1) is 23.3. The topological polar surface area (TPSA) is 29.3 Å². The number of anilines is 1. The zero-order chi connectivity index (χ0) is 27.6. The van der Waals surface area contributed by atoms with Gasteiger partial charge in [0, 0.05) is 20.9 Å². The maximum Gasteiger partial charge on any atom is 0.165 e. The summed E-state index contributed by atoms with van der Waals surface area (Å²) in [5, 5.41) is 9.89. The monoisotopic (exact) mass is 553 g/mol. The Bertz CT molecular complexity index is 2340. The predicted octanol–water partition coefficient (Wildman–Crippen LogP) is 9.85. The van der Waals surface area contributed by atoms with Crippen molar-refractivity contribution in [1.82, 2.24) is 4.57 Å². The zero-order valence-corrected chi connectivity index (χ0v) is 23.3. The third-order valence-electron chi connectivity index (χ3n) is 8.27. The number of nitrogens with zero attached hydrogens (tertiary/aromatic N) is 2. The fourth-order valence-electron chi connectivity index (χ4n) is 6.32. The van der Waals surface area contributed by atoms with E-state index in [4.69, 9.17) is 4.99 Å². The van der Waals surface area contributed by atoms with Crippen LogP contribution in [0.25, 0.3) is 53.8 Å². The number of aliphatic imine (C=N–C) groups is 1. The van der Waals surface area contributed by atoms with Crippen molar-refractivity contribution in [1.29, 1.82) is 0 Å². The summed E-state index contributed by atoms with van der Waals surface area (Å²) >= 11 is 1.82. The molecule has 0 radical (unpaired) electrons. The Labute approximate surface area is 247 Å². The number of aromatic nitrogens is 1. The Hall–Kier alpha value is -5.37. The Morgan fingerprint density at radius 3 is 2.29 bits per heavy atom. The van der Waals surface area contributed by atoms with Gasteiger partial charge in [-0.25, -0.2) is 4.99 Å². The van der Waals surface area contributed by atoms with Crippen LogP contribution in [0.15, 0.2) is 132 Å². The van der Waals surface area contributed by atoms with Crippen LogP contribution < -0.4 is 5.32 Å². The SMILES string of the molecule is c1cc(-c2ccccc2)cc(C2=NC(n3c4ccccc4c4cc5ccccc5cc43)c3sc4ccccc4c3N2)c#1. The number of hydrogen-bond acceptors (Lipinski definition) is 3. The molecule has 0 bridgehead atoms. The van der Waals surface area contributed by atoms with Gasteiger partial charge in [0.15, 0.2) is 6.17 Å². The summed E-state index contributed by atoms with van der Waals surface area (Å²) in [4.78, 5) is 6.68. The van der Waals surface area contributed by atoms with E-state index in [2.05, 4.69) is 137 Å². The minimum Gasteiger partial charge on any atom is -0.338 e. The number of thiophene rings is 1. The molecule has 42 heavy (non-hydrogen) atoms. The second kappa shape index (κ2) is 9.07. The van der Waals surface area contributed by atoms with Gasteiger partial charge in [0.2, 0.25) is 0 Å². The first-order valence-corrected chi connectivity index (χ1v) is 14.9. The molecule has 196 valence electrons. The van der Waals surface area contributed by atoms with Crippen LogP contribution in [0.2, 0.25) is 0 Å². The van der Waals surface area contributed by atoms with E-state index in [1.807, 2.05) is 23.5 Å². The number of hydrogen-bond donors (Lipinski definition) is 1. The van der Waals surface area contributed by atoms with Crippen LogP contribution in [-0.2, 0) is 0 Å². The average molecular weight is 554 g/mol. The third kappa shape index (κ3) is 3.51. The standard InChI is InChI=1S/C38H23N3S/c1-2-11-24(12-3-1)25-15-10-16-28(21-25)37-39-35-30-18-7-9-20-34(30)42-36(35)38(40-37)41-32-19-8-6-17-29(32)31-22-26-13-4-5-14-27(26)23-33(31)41/h1-9,11-15,17-23,38H,(H,39,40). The number of para-hydroxylation sites is 1. The number of rotatable bonds is 3. The van der Waals surface area contributed by atoms with Crippen LogP contribution in [0.1, 0.15) is 16.6 Å². The molecule has 8 aromatic rings. The van der Waals surface area contributed by atoms with Gasteiger partial charge < -0.3 is 9.88 Å². The van der Waals surface area contributed by atoms with Crippen LogP contribution in [0.3, 0.4) is 0 Å². The van der Waals surface area contributed by atoms with E-state index in [0.717, 1.165) is 28.2 Å². The summed E-state index contributed by atoms with van der Waals surface area (Å²) in [6, 6.07) is 51.8. The molecule has 0 amide bonds. The molecule has 1 aliphatic heterocycles. The first-order valence-electron chi connectivity index (χ1n) is 14.1. The molecule has 0 saturated carbocycles. The molecule has 6 aromatic carbocycles. The third-order valence-corrected chi connectivity index (χ3v) is 9.48. The highest BCUT2D eigenvalue weighted by molar-refractivity contribution is 7.20. The van der Waals surface area contributed by atoms with E-state index < -0.39 is 0 Å². The largest absolute Gasteiger partial charge is 0.338 e. The molecule has 2 aromatic heterocycles. The highest BCUT2D eigenvalue weighted by Crippen LogP contribution is 2.47. The van der Waals surface area contributed by atoms with Crippen LogP contribution >= 0.6 is 11.3 Å². The summed E-state index contributed by atoms with van der Waals surface area (Å²) in [5.41, 5.74) is 6.61. The summed E-state index contributed by atoms with van der Waals surface area (Å²) in [5.74, 6) is 0.803. The minimum atomic E-state index is -0.244.